The van der Waals surface area contributed by atoms with Crippen molar-refractivity contribution in [2.24, 2.45) is 0 Å². The van der Waals surface area contributed by atoms with Gasteiger partial charge in [0.2, 0.25) is 0 Å². The highest BCUT2D eigenvalue weighted by Crippen LogP contribution is 1.74. The van der Waals surface area contributed by atoms with Gasteiger partial charge in [-0.25, -0.2) is 19.8 Å². The molecule has 5 nitrogen and oxygen atoms in total. The van der Waals surface area contributed by atoms with Gasteiger partial charge in [0.25, 0.3) is 0 Å². The van der Waals surface area contributed by atoms with E-state index in [1.54, 1.807) is 0 Å². The van der Waals surface area contributed by atoms with Crippen molar-refractivity contribution in [3.8, 4) is 0 Å². The molecule has 0 aliphatic heterocycles. The molecule has 0 amide bonds. The quantitative estimate of drug-likeness (QED) is 0.487. The van der Waals surface area contributed by atoms with Crippen LogP contribution in [0.4, 0.5) is 0 Å². The summed E-state index contributed by atoms with van der Waals surface area (Å²) in [5.74, 6) is -2.90. The van der Waals surface area contributed by atoms with E-state index >= 15 is 0 Å². The van der Waals surface area contributed by atoms with Crippen LogP contribution in [-0.2, 0) is 24.5 Å². The molecule has 0 aromatic carbocycles. The monoisotopic (exact) mass is 132 g/mol. The highest BCUT2D eigenvalue weighted by Gasteiger charge is 2.02. The Morgan fingerprint density at radius 3 is 1.56 bits per heavy atom. The van der Waals surface area contributed by atoms with Gasteiger partial charge in [0.1, 0.15) is 13.2 Å². The third kappa shape index (κ3) is 6.90. The van der Waals surface area contributed by atoms with Gasteiger partial charge in [-0.1, -0.05) is 0 Å². The van der Waals surface area contributed by atoms with Crippen molar-refractivity contribution in [3.63, 3.8) is 0 Å². The molecule has 0 bridgehead atoms. The zero-order valence-corrected chi connectivity index (χ0v) is 4.46. The van der Waals surface area contributed by atoms with Crippen LogP contribution in [-0.4, -0.2) is 25.2 Å². The molecular formula is C4H4O5. The van der Waals surface area contributed by atoms with Crippen LogP contribution in [0.2, 0.25) is 0 Å². The number of carbonyl (C=O) groups is 2. The molecule has 0 rings (SSSR count). The van der Waals surface area contributed by atoms with E-state index in [0.29, 0.717) is 0 Å². The maximum atomic E-state index is 9.53. The van der Waals surface area contributed by atoms with Crippen molar-refractivity contribution in [2.45, 2.75) is 0 Å². The first-order chi connectivity index (χ1) is 4.13. The Hall–Kier alpha value is -1.10. The minimum absolute atomic E-state index is 0.714. The second kappa shape index (κ2) is 3.85. The zero-order chi connectivity index (χ0) is 7.28. The Morgan fingerprint density at radius 1 is 1.00 bits per heavy atom. The van der Waals surface area contributed by atoms with Gasteiger partial charge >= 0.3 is 11.9 Å². The fourth-order valence-corrected chi connectivity index (χ4v) is 0.218. The van der Waals surface area contributed by atoms with Gasteiger partial charge < -0.3 is 4.74 Å². The summed E-state index contributed by atoms with van der Waals surface area (Å²) in [6, 6.07) is 0. The Kier molecular flexibility index (Phi) is 3.38. The van der Waals surface area contributed by atoms with Gasteiger partial charge in [-0.15, -0.1) is 0 Å². The highest BCUT2D eigenvalue weighted by molar-refractivity contribution is 5.70. The van der Waals surface area contributed by atoms with Gasteiger partial charge in [0.05, 0.1) is 0 Å². The van der Waals surface area contributed by atoms with Crippen LogP contribution >= 0.6 is 0 Å². The van der Waals surface area contributed by atoms with Gasteiger partial charge in [-0.05, 0) is 0 Å². The molecule has 0 saturated heterocycles. The Labute approximate surface area is 50.9 Å². The Morgan fingerprint density at radius 2 is 1.33 bits per heavy atom. The molecule has 0 spiro atoms. The molecule has 9 heavy (non-hydrogen) atoms. The lowest BCUT2D eigenvalue weighted by Crippen LogP contribution is -2.11. The predicted octanol–water partition coefficient (Wildman–Crippen LogP) is -1.08. The summed E-state index contributed by atoms with van der Waals surface area (Å²) in [7, 11) is 0. The summed E-state index contributed by atoms with van der Waals surface area (Å²) >= 11 is 0. The topological polar surface area (TPSA) is 83.2 Å². The van der Waals surface area contributed by atoms with Crippen LogP contribution in [0.25, 0.3) is 0 Å². The number of carbonyl (C=O) groups excluding carboxylic acids is 2. The molecule has 0 aliphatic carbocycles. The number of hydrogen-bond acceptors (Lipinski definition) is 3. The third-order valence-corrected chi connectivity index (χ3v) is 0.440. The van der Waals surface area contributed by atoms with E-state index in [2.05, 4.69) is 4.74 Å². The molecule has 0 saturated carbocycles. The summed E-state index contributed by atoms with van der Waals surface area (Å²) in [4.78, 5) is 19.1. The first-order valence-electron chi connectivity index (χ1n) is 2.10. The molecule has 50 valence electrons. The van der Waals surface area contributed by atoms with Crippen LogP contribution in [0.1, 0.15) is 0 Å². The standard InChI is InChI=1S/C4H4O5/c5-3(6)1-9-2-4(7)8/h1-2H2. The lowest BCUT2D eigenvalue weighted by Gasteiger charge is -1.89. The van der Waals surface area contributed by atoms with E-state index in [4.69, 9.17) is 0 Å². The lowest BCUT2D eigenvalue weighted by atomic mass is 10.7. The summed E-state index contributed by atoms with van der Waals surface area (Å²) < 4.78 is 4.03. The van der Waals surface area contributed by atoms with Gasteiger partial charge in [0, 0.05) is 0 Å². The molecule has 5 heteroatoms. The fraction of sp³-hybridized carbons (Fsp3) is 0.500. The van der Waals surface area contributed by atoms with Crippen LogP contribution in [0, 0.1) is 0 Å². The molecule has 2 radical (unpaired) electrons. The van der Waals surface area contributed by atoms with Gasteiger partial charge in [-0.3, -0.25) is 0 Å². The van der Waals surface area contributed by atoms with E-state index in [1.165, 1.54) is 0 Å². The Bertz CT molecular complexity index is 104. The second-order valence-electron chi connectivity index (χ2n) is 1.24. The average molecular weight is 132 g/mol. The maximum Gasteiger partial charge on any atom is 0.380 e. The zero-order valence-electron chi connectivity index (χ0n) is 4.46. The molecule has 0 aliphatic rings. The maximum absolute atomic E-state index is 9.53. The van der Waals surface area contributed by atoms with Crippen molar-refractivity contribution in [1.29, 1.82) is 0 Å². The molecule has 0 atom stereocenters. The number of ether oxygens (including phenoxy) is 1. The largest absolute Gasteiger partial charge is 0.380 e. The molecule has 0 fully saturated rings. The summed E-state index contributed by atoms with van der Waals surface area (Å²) in [6.07, 6.45) is 0. The molecule has 0 heterocycles. The smallest absolute Gasteiger partial charge is 0.358 e. The molecule has 0 unspecified atom stereocenters. The second-order valence-corrected chi connectivity index (χ2v) is 1.24. The molecular weight excluding hydrogens is 128 g/mol. The van der Waals surface area contributed by atoms with Crippen LogP contribution in [0.15, 0.2) is 0 Å². The van der Waals surface area contributed by atoms with E-state index in [0.717, 1.165) is 0 Å². The number of hydrogen-bond donors (Lipinski definition) is 0. The van der Waals surface area contributed by atoms with E-state index < -0.39 is 25.2 Å². The van der Waals surface area contributed by atoms with Gasteiger partial charge in [0.15, 0.2) is 0 Å². The molecule has 0 N–H and O–H groups in total. The average Bonchev–Trinajstić information content (AvgIpc) is 1.63. The summed E-state index contributed by atoms with van der Waals surface area (Å²) in [5, 5.41) is 19.1. The summed E-state index contributed by atoms with van der Waals surface area (Å²) in [6.45, 7) is -1.43. The van der Waals surface area contributed by atoms with Crippen LogP contribution in [0.3, 0.4) is 0 Å². The van der Waals surface area contributed by atoms with Crippen LogP contribution in [0.5, 0.6) is 0 Å². The highest BCUT2D eigenvalue weighted by atomic mass is 16.5. The number of rotatable bonds is 4. The van der Waals surface area contributed by atoms with Crippen molar-refractivity contribution in [3.05, 3.63) is 0 Å². The van der Waals surface area contributed by atoms with Crippen molar-refractivity contribution in [2.75, 3.05) is 13.2 Å². The van der Waals surface area contributed by atoms with Crippen LogP contribution < -0.4 is 0 Å². The SMILES string of the molecule is [O]C(=O)COCC([O])=O. The fourth-order valence-electron chi connectivity index (χ4n) is 0.218. The predicted molar refractivity (Wildman–Crippen MR) is 22.2 cm³/mol. The van der Waals surface area contributed by atoms with E-state index in [9.17, 15) is 19.8 Å². The minimum Gasteiger partial charge on any atom is -0.358 e. The van der Waals surface area contributed by atoms with Crippen molar-refractivity contribution in [1.82, 2.24) is 0 Å². The van der Waals surface area contributed by atoms with E-state index in [1.807, 2.05) is 0 Å². The van der Waals surface area contributed by atoms with Crippen molar-refractivity contribution >= 4 is 11.9 Å². The molecule has 0 aromatic rings. The van der Waals surface area contributed by atoms with Gasteiger partial charge in [-0.2, -0.15) is 0 Å². The minimum atomic E-state index is -1.45. The molecule has 0 aromatic heterocycles. The first kappa shape index (κ1) is 7.90. The third-order valence-electron chi connectivity index (χ3n) is 0.440. The van der Waals surface area contributed by atoms with E-state index in [-0.39, 0.29) is 0 Å². The van der Waals surface area contributed by atoms with Crippen molar-refractivity contribution < 1.29 is 24.5 Å². The summed E-state index contributed by atoms with van der Waals surface area (Å²) in [5.41, 5.74) is 0. The Balaban J connectivity index is 3.10. The normalized spacial score (nSPS) is 8.89. The lowest BCUT2D eigenvalue weighted by molar-refractivity contribution is -0.154. The first-order valence-corrected chi connectivity index (χ1v) is 2.10.